The summed E-state index contributed by atoms with van der Waals surface area (Å²) < 4.78 is 1.80. The molecule has 0 radical (unpaired) electrons. The molecule has 0 spiro atoms. The van der Waals surface area contributed by atoms with Gasteiger partial charge in [0.15, 0.2) is 5.43 Å². The number of aryl methyl sites for hydroxylation is 1. The van der Waals surface area contributed by atoms with Gasteiger partial charge in [0.1, 0.15) is 16.9 Å². The van der Waals surface area contributed by atoms with E-state index >= 15 is 0 Å². The number of rotatable bonds is 3. The van der Waals surface area contributed by atoms with E-state index in [-0.39, 0.29) is 11.2 Å². The van der Waals surface area contributed by atoms with Gasteiger partial charge in [-0.1, -0.05) is 19.6 Å². The third kappa shape index (κ3) is 2.33. The Morgan fingerprint density at radius 3 is 2.73 bits per heavy atom. The lowest BCUT2D eigenvalue weighted by atomic mass is 10.2. The van der Waals surface area contributed by atoms with Crippen LogP contribution in [0.4, 0.5) is 0 Å². The molecule has 3 rings (SSSR count). The monoisotopic (exact) mass is 315 g/mol. The van der Waals surface area contributed by atoms with Crippen molar-refractivity contribution in [1.29, 1.82) is 0 Å². The normalized spacial score (nSPS) is 13.7. The van der Waals surface area contributed by atoms with Crippen LogP contribution in [0, 0.1) is 6.92 Å². The minimum atomic E-state index is -1.46. The Morgan fingerprint density at radius 2 is 2.05 bits per heavy atom. The van der Waals surface area contributed by atoms with Crippen LogP contribution in [0.15, 0.2) is 29.3 Å². The second-order valence-electron chi connectivity index (χ2n) is 6.82. The van der Waals surface area contributed by atoms with E-state index in [1.807, 2.05) is 19.2 Å². The largest absolute Gasteiger partial charge is 0.414 e. The number of aromatic amines is 1. The van der Waals surface area contributed by atoms with Gasteiger partial charge in [-0.2, -0.15) is 4.73 Å². The maximum absolute atomic E-state index is 12.3. The van der Waals surface area contributed by atoms with Crippen LogP contribution in [-0.2, 0) is 0 Å². The number of nitrogens with zero attached hydrogens (tertiary/aromatic N) is 2. The molecular weight excluding hydrogens is 294 g/mol. The molecule has 116 valence electrons. The summed E-state index contributed by atoms with van der Waals surface area (Å²) in [4.78, 5) is 25.9. The Morgan fingerprint density at radius 1 is 1.32 bits per heavy atom. The van der Waals surface area contributed by atoms with Crippen molar-refractivity contribution in [3.8, 4) is 0 Å². The molecule has 1 N–H and O–H groups in total. The van der Waals surface area contributed by atoms with Crippen LogP contribution in [0.2, 0.25) is 19.6 Å². The lowest BCUT2D eigenvalue weighted by Crippen LogP contribution is -2.44. The van der Waals surface area contributed by atoms with Gasteiger partial charge < -0.3 is 9.82 Å². The number of H-pyrrole nitrogens is 1. The molecule has 0 saturated heterocycles. The van der Waals surface area contributed by atoms with E-state index in [0.717, 1.165) is 22.2 Å². The summed E-state index contributed by atoms with van der Waals surface area (Å²) in [5.41, 5.74) is 2.45. The van der Waals surface area contributed by atoms with Crippen molar-refractivity contribution in [3.05, 3.63) is 40.4 Å². The summed E-state index contributed by atoms with van der Waals surface area (Å²) in [6.07, 6.45) is 3.45. The zero-order chi connectivity index (χ0) is 16.1. The summed E-state index contributed by atoms with van der Waals surface area (Å²) in [5.74, 6) is 0. The quantitative estimate of drug-likeness (QED) is 0.756. The summed E-state index contributed by atoms with van der Waals surface area (Å²) in [7, 11) is -1.46. The van der Waals surface area contributed by atoms with Crippen molar-refractivity contribution < 1.29 is 4.84 Å². The van der Waals surface area contributed by atoms with Gasteiger partial charge in [0, 0.05) is 23.8 Å². The highest BCUT2D eigenvalue weighted by Gasteiger charge is 2.26. The van der Waals surface area contributed by atoms with E-state index in [2.05, 4.69) is 36.5 Å². The highest BCUT2D eigenvalue weighted by Crippen LogP contribution is 2.22. The predicted molar refractivity (Wildman–Crippen MR) is 92.0 cm³/mol. The number of fused-ring (bicyclic) bond motifs is 3. The maximum Gasteiger partial charge on any atom is 0.191 e. The minimum absolute atomic E-state index is 0.0244. The Labute approximate surface area is 129 Å². The molecule has 6 heteroatoms. The van der Waals surface area contributed by atoms with E-state index < -0.39 is 8.07 Å². The SMILES string of the molecule is Cc1cc(=O)c2cnc3[nH]ccc3c2n1OC(C)[Si](C)(C)C. The van der Waals surface area contributed by atoms with E-state index in [1.54, 1.807) is 17.0 Å². The lowest BCUT2D eigenvalue weighted by molar-refractivity contribution is 0.0936. The molecule has 3 heterocycles. The van der Waals surface area contributed by atoms with Crippen molar-refractivity contribution >= 4 is 30.0 Å². The zero-order valence-corrected chi connectivity index (χ0v) is 14.6. The van der Waals surface area contributed by atoms with E-state index in [9.17, 15) is 4.79 Å². The summed E-state index contributed by atoms with van der Waals surface area (Å²) in [6.45, 7) is 10.8. The van der Waals surface area contributed by atoms with Gasteiger partial charge in [-0.15, -0.1) is 0 Å². The van der Waals surface area contributed by atoms with E-state index in [4.69, 9.17) is 4.84 Å². The summed E-state index contributed by atoms with van der Waals surface area (Å²) in [6, 6.07) is 3.54. The molecule has 0 fully saturated rings. The van der Waals surface area contributed by atoms with Crippen LogP contribution in [0.5, 0.6) is 0 Å². The minimum Gasteiger partial charge on any atom is -0.414 e. The molecule has 0 amide bonds. The van der Waals surface area contributed by atoms with Gasteiger partial charge in [0.25, 0.3) is 0 Å². The van der Waals surface area contributed by atoms with E-state index in [1.165, 1.54) is 0 Å². The van der Waals surface area contributed by atoms with Crippen LogP contribution >= 0.6 is 0 Å². The van der Waals surface area contributed by atoms with Crippen molar-refractivity contribution in [3.63, 3.8) is 0 Å². The van der Waals surface area contributed by atoms with Gasteiger partial charge in [0.2, 0.25) is 0 Å². The first-order valence-corrected chi connectivity index (χ1v) is 11.0. The van der Waals surface area contributed by atoms with Crippen molar-refractivity contribution in [2.45, 2.75) is 39.2 Å². The molecule has 0 aromatic carbocycles. The average Bonchev–Trinajstić information content (AvgIpc) is 2.89. The third-order valence-corrected chi connectivity index (χ3v) is 6.71. The molecule has 0 aliphatic carbocycles. The first kappa shape index (κ1) is 14.8. The average molecular weight is 315 g/mol. The molecule has 3 aromatic heterocycles. The van der Waals surface area contributed by atoms with E-state index in [0.29, 0.717) is 5.39 Å². The number of hydrogen-bond donors (Lipinski definition) is 1. The first-order valence-electron chi connectivity index (χ1n) is 7.44. The molecule has 3 aromatic rings. The van der Waals surface area contributed by atoms with Gasteiger partial charge in [-0.05, 0) is 19.9 Å². The highest BCUT2D eigenvalue weighted by atomic mass is 28.3. The Hall–Kier alpha value is -2.08. The molecular formula is C16H21N3O2Si. The van der Waals surface area contributed by atoms with Gasteiger partial charge >= 0.3 is 0 Å². The van der Waals surface area contributed by atoms with Crippen molar-refractivity contribution in [1.82, 2.24) is 14.7 Å². The van der Waals surface area contributed by atoms with Gasteiger partial charge in [-0.3, -0.25) is 4.79 Å². The fourth-order valence-corrected chi connectivity index (χ4v) is 2.77. The highest BCUT2D eigenvalue weighted by molar-refractivity contribution is 6.77. The standard InChI is InChI=1S/C16H21N3O2Si/c1-10-8-14(20)13-9-18-16-12(6-7-17-16)15(13)19(10)21-11(2)22(3,4)5/h6-9,11H,1-5H3,(H,17,18). The lowest BCUT2D eigenvalue weighted by Gasteiger charge is -2.28. The number of pyridine rings is 2. The summed E-state index contributed by atoms with van der Waals surface area (Å²) in [5, 5.41) is 1.49. The summed E-state index contributed by atoms with van der Waals surface area (Å²) >= 11 is 0. The fraction of sp³-hybridized carbons (Fsp3) is 0.375. The molecule has 0 bridgehead atoms. The van der Waals surface area contributed by atoms with Crippen LogP contribution < -0.4 is 10.3 Å². The number of aromatic nitrogens is 3. The molecule has 22 heavy (non-hydrogen) atoms. The smallest absolute Gasteiger partial charge is 0.191 e. The predicted octanol–water partition coefficient (Wildman–Crippen LogP) is 2.88. The number of hydrogen-bond acceptors (Lipinski definition) is 3. The fourth-order valence-electron chi connectivity index (χ4n) is 2.35. The third-order valence-electron chi connectivity index (χ3n) is 4.17. The Balaban J connectivity index is 2.33. The molecule has 5 nitrogen and oxygen atoms in total. The van der Waals surface area contributed by atoms with Crippen LogP contribution in [0.1, 0.15) is 12.6 Å². The molecule has 0 aliphatic rings. The van der Waals surface area contributed by atoms with Gasteiger partial charge in [0.05, 0.1) is 19.2 Å². The van der Waals surface area contributed by atoms with Crippen molar-refractivity contribution in [2.24, 2.45) is 0 Å². The topological polar surface area (TPSA) is 59.9 Å². The van der Waals surface area contributed by atoms with Crippen molar-refractivity contribution in [2.75, 3.05) is 0 Å². The van der Waals surface area contributed by atoms with Crippen LogP contribution in [-0.4, -0.2) is 28.5 Å². The second-order valence-corrected chi connectivity index (χ2v) is 12.4. The molecule has 1 atom stereocenters. The second kappa shape index (κ2) is 4.98. The first-order chi connectivity index (χ1) is 10.3. The zero-order valence-electron chi connectivity index (χ0n) is 13.6. The maximum atomic E-state index is 12.3. The van der Waals surface area contributed by atoms with Crippen LogP contribution in [0.3, 0.4) is 0 Å². The molecule has 1 unspecified atom stereocenters. The Kier molecular flexibility index (Phi) is 3.36. The van der Waals surface area contributed by atoms with Gasteiger partial charge in [-0.25, -0.2) is 4.98 Å². The van der Waals surface area contributed by atoms with Crippen LogP contribution in [0.25, 0.3) is 21.9 Å². The molecule has 0 saturated carbocycles. The molecule has 0 aliphatic heterocycles. The Bertz CT molecular complexity index is 905. The number of nitrogens with one attached hydrogen (secondary N) is 1.